The number of rotatable bonds is 6. The second-order valence-corrected chi connectivity index (χ2v) is 10.5. The van der Waals surface area contributed by atoms with Crippen LogP contribution in [0.2, 0.25) is 0 Å². The third-order valence-corrected chi connectivity index (χ3v) is 7.58. The third-order valence-electron chi connectivity index (χ3n) is 7.58. The number of halogens is 3. The summed E-state index contributed by atoms with van der Waals surface area (Å²) in [5.74, 6) is 0.450. The maximum atomic E-state index is 13.7. The number of alkyl halides is 3. The molecule has 0 amide bonds. The SMILES string of the molecule is CC[C@H]1CN(c2nc(=O)n(C)c3ccc(C#N)nc23)[C@@H](C)CN1C(C)c1ccc(C(F)(F)F)c(CN(C)C)c1. The summed E-state index contributed by atoms with van der Waals surface area (Å²) in [7, 11) is 5.14. The number of nitrogens with zero attached hydrogens (tertiary/aromatic N) is 7. The molecule has 0 saturated carbocycles. The van der Waals surface area contributed by atoms with Crippen molar-refractivity contribution in [1.82, 2.24) is 24.3 Å². The second kappa shape index (κ2) is 10.9. The first-order valence-electron chi connectivity index (χ1n) is 13.0. The van der Waals surface area contributed by atoms with E-state index in [1.54, 1.807) is 50.3 Å². The fourth-order valence-corrected chi connectivity index (χ4v) is 5.48. The fourth-order valence-electron chi connectivity index (χ4n) is 5.48. The van der Waals surface area contributed by atoms with Crippen LogP contribution in [-0.4, -0.2) is 63.6 Å². The van der Waals surface area contributed by atoms with Crippen molar-refractivity contribution in [3.8, 4) is 6.07 Å². The average Bonchev–Trinajstić information content (AvgIpc) is 2.89. The minimum absolute atomic E-state index is 0.0517. The Morgan fingerprint density at radius 3 is 2.51 bits per heavy atom. The van der Waals surface area contributed by atoms with Crippen LogP contribution >= 0.6 is 0 Å². The topological polar surface area (TPSA) is 81.3 Å². The number of hydrogen-bond donors (Lipinski definition) is 0. The van der Waals surface area contributed by atoms with Crippen molar-refractivity contribution < 1.29 is 13.2 Å². The van der Waals surface area contributed by atoms with Gasteiger partial charge < -0.3 is 9.80 Å². The predicted octanol–water partition coefficient (Wildman–Crippen LogP) is 4.33. The molecule has 3 heterocycles. The lowest BCUT2D eigenvalue weighted by molar-refractivity contribution is -0.138. The standard InChI is InChI=1S/C28H34F3N7O/c1-7-22-16-37(26-25-24(36(6)27(39)34-26)11-9-21(13-32)33-25)17(2)14-38(22)18(3)19-8-10-23(28(29,30)31)20(12-19)15-35(4)5/h8-12,17-18,22H,7,14-16H2,1-6H3/t17-,18?,22-/m0/s1. The lowest BCUT2D eigenvalue weighted by atomic mass is 9.95. The van der Waals surface area contributed by atoms with Crippen molar-refractivity contribution in [1.29, 1.82) is 5.26 Å². The maximum Gasteiger partial charge on any atom is 0.416 e. The van der Waals surface area contributed by atoms with Gasteiger partial charge in [-0.25, -0.2) is 9.78 Å². The third kappa shape index (κ3) is 5.63. The van der Waals surface area contributed by atoms with E-state index in [2.05, 4.69) is 32.8 Å². The second-order valence-electron chi connectivity index (χ2n) is 10.5. The van der Waals surface area contributed by atoms with Gasteiger partial charge in [-0.2, -0.15) is 23.4 Å². The van der Waals surface area contributed by atoms with Crippen LogP contribution < -0.4 is 10.6 Å². The normalized spacial score (nSPS) is 19.5. The molecule has 0 spiro atoms. The number of anilines is 1. The van der Waals surface area contributed by atoms with E-state index in [4.69, 9.17) is 0 Å². The molecule has 8 nitrogen and oxygen atoms in total. The number of benzene rings is 1. The zero-order chi connectivity index (χ0) is 28.6. The minimum atomic E-state index is -4.42. The highest BCUT2D eigenvalue weighted by Crippen LogP contribution is 2.36. The molecule has 1 fully saturated rings. The van der Waals surface area contributed by atoms with E-state index in [0.717, 1.165) is 12.0 Å². The molecule has 1 saturated heterocycles. The van der Waals surface area contributed by atoms with Crippen LogP contribution in [0.5, 0.6) is 0 Å². The van der Waals surface area contributed by atoms with Gasteiger partial charge in [0.1, 0.15) is 17.3 Å². The Morgan fingerprint density at radius 2 is 1.90 bits per heavy atom. The van der Waals surface area contributed by atoms with Crippen molar-refractivity contribution in [2.24, 2.45) is 7.05 Å². The van der Waals surface area contributed by atoms with E-state index >= 15 is 0 Å². The minimum Gasteiger partial charge on any atom is -0.349 e. The van der Waals surface area contributed by atoms with Crippen molar-refractivity contribution >= 4 is 16.9 Å². The lowest BCUT2D eigenvalue weighted by Crippen LogP contribution is -2.58. The Kier molecular flexibility index (Phi) is 8.00. The van der Waals surface area contributed by atoms with Crippen LogP contribution in [0.1, 0.15) is 55.6 Å². The lowest BCUT2D eigenvalue weighted by Gasteiger charge is -2.48. The first-order chi connectivity index (χ1) is 18.3. The van der Waals surface area contributed by atoms with Crippen LogP contribution in [-0.2, 0) is 19.8 Å². The number of hydrogen-bond acceptors (Lipinski definition) is 7. The quantitative estimate of drug-likeness (QED) is 0.460. The monoisotopic (exact) mass is 541 g/mol. The van der Waals surface area contributed by atoms with Gasteiger partial charge in [0.2, 0.25) is 0 Å². The molecule has 0 aliphatic carbocycles. The van der Waals surface area contributed by atoms with Gasteiger partial charge in [0.25, 0.3) is 0 Å². The number of fused-ring (bicyclic) bond motifs is 1. The zero-order valence-corrected chi connectivity index (χ0v) is 23.1. The molecule has 1 aliphatic heterocycles. The van der Waals surface area contributed by atoms with Gasteiger partial charge in [-0.15, -0.1) is 0 Å². The van der Waals surface area contributed by atoms with E-state index in [-0.39, 0.29) is 35.9 Å². The molecule has 11 heteroatoms. The highest BCUT2D eigenvalue weighted by atomic mass is 19.4. The number of pyridine rings is 1. The molecule has 3 aromatic rings. The molecule has 1 aromatic carbocycles. The summed E-state index contributed by atoms with van der Waals surface area (Å²) in [5, 5.41) is 9.40. The molecule has 1 aliphatic rings. The summed E-state index contributed by atoms with van der Waals surface area (Å²) in [4.78, 5) is 27.7. The molecule has 0 bridgehead atoms. The molecule has 1 unspecified atom stereocenters. The average molecular weight is 542 g/mol. The van der Waals surface area contributed by atoms with E-state index in [1.165, 1.54) is 10.6 Å². The number of nitriles is 1. The van der Waals surface area contributed by atoms with Crippen LogP contribution in [0.25, 0.3) is 11.0 Å². The van der Waals surface area contributed by atoms with Crippen LogP contribution in [0.3, 0.4) is 0 Å². The Hall–Kier alpha value is -3.49. The van der Waals surface area contributed by atoms with Gasteiger partial charge in [-0.3, -0.25) is 9.47 Å². The van der Waals surface area contributed by atoms with Gasteiger partial charge in [0.05, 0.1) is 11.1 Å². The summed E-state index contributed by atoms with van der Waals surface area (Å²) in [5.41, 5.74) is 1.41. The highest BCUT2D eigenvalue weighted by molar-refractivity contribution is 5.86. The Bertz CT molecular complexity index is 1460. The van der Waals surface area contributed by atoms with Crippen molar-refractivity contribution in [2.45, 2.75) is 58.0 Å². The van der Waals surface area contributed by atoms with E-state index in [1.807, 2.05) is 13.8 Å². The molecule has 2 aromatic heterocycles. The van der Waals surface area contributed by atoms with Gasteiger partial charge in [-0.05, 0) is 63.7 Å². The summed E-state index contributed by atoms with van der Waals surface area (Å²) in [6.07, 6.45) is -3.63. The van der Waals surface area contributed by atoms with Crippen LogP contribution in [0.15, 0.2) is 35.1 Å². The van der Waals surface area contributed by atoms with Crippen LogP contribution in [0, 0.1) is 11.3 Å². The molecular formula is C28H34F3N7O. The van der Waals surface area contributed by atoms with Crippen LogP contribution in [0.4, 0.5) is 19.0 Å². The number of aromatic nitrogens is 3. The summed E-state index contributed by atoms with van der Waals surface area (Å²) < 4.78 is 42.5. The summed E-state index contributed by atoms with van der Waals surface area (Å²) in [6, 6.07) is 9.67. The summed E-state index contributed by atoms with van der Waals surface area (Å²) >= 11 is 0. The molecule has 4 rings (SSSR count). The van der Waals surface area contributed by atoms with Gasteiger partial charge in [0.15, 0.2) is 5.82 Å². The van der Waals surface area contributed by atoms with Crippen molar-refractivity contribution in [2.75, 3.05) is 32.1 Å². The van der Waals surface area contributed by atoms with Crippen molar-refractivity contribution in [3.63, 3.8) is 0 Å². The zero-order valence-electron chi connectivity index (χ0n) is 23.1. The van der Waals surface area contributed by atoms with Gasteiger partial charge in [0, 0.05) is 44.8 Å². The fraction of sp³-hybridized carbons (Fsp3) is 0.500. The van der Waals surface area contributed by atoms with Gasteiger partial charge >= 0.3 is 11.9 Å². The first kappa shape index (κ1) is 28.5. The molecule has 0 radical (unpaired) electrons. The Balaban J connectivity index is 1.69. The molecule has 39 heavy (non-hydrogen) atoms. The maximum absolute atomic E-state index is 13.7. The van der Waals surface area contributed by atoms with E-state index in [0.29, 0.717) is 29.9 Å². The van der Waals surface area contributed by atoms with Gasteiger partial charge in [-0.1, -0.05) is 19.1 Å². The molecule has 208 valence electrons. The Labute approximate surface area is 226 Å². The van der Waals surface area contributed by atoms with E-state index < -0.39 is 17.4 Å². The van der Waals surface area contributed by atoms with E-state index in [9.17, 15) is 23.2 Å². The first-order valence-corrected chi connectivity index (χ1v) is 13.0. The smallest absolute Gasteiger partial charge is 0.349 e. The molecule has 0 N–H and O–H groups in total. The largest absolute Gasteiger partial charge is 0.416 e. The summed E-state index contributed by atoms with van der Waals surface area (Å²) in [6.45, 7) is 7.50. The highest BCUT2D eigenvalue weighted by Gasteiger charge is 2.37. The molecular weight excluding hydrogens is 507 g/mol. The van der Waals surface area contributed by atoms with Crippen molar-refractivity contribution in [3.05, 3.63) is 63.2 Å². The predicted molar refractivity (Wildman–Crippen MR) is 144 cm³/mol. The molecule has 3 atom stereocenters. The number of piperazine rings is 1. The Morgan fingerprint density at radius 1 is 1.18 bits per heavy atom. The number of aryl methyl sites for hydroxylation is 1.